The van der Waals surface area contributed by atoms with Crippen molar-refractivity contribution in [2.24, 2.45) is 5.92 Å². The van der Waals surface area contributed by atoms with Crippen LogP contribution in [0.3, 0.4) is 0 Å². The quantitative estimate of drug-likeness (QED) is 0.504. The normalized spacial score (nSPS) is 21.3. The van der Waals surface area contributed by atoms with E-state index in [1.165, 1.54) is 0 Å². The average molecular weight is 497 g/mol. The zero-order valence-electron chi connectivity index (χ0n) is 18.0. The van der Waals surface area contributed by atoms with Crippen LogP contribution >= 0.6 is 23.1 Å². The Morgan fingerprint density at radius 2 is 1.82 bits per heavy atom. The number of ether oxygens (including phenoxy) is 1. The highest BCUT2D eigenvalue weighted by molar-refractivity contribution is 8.00. The van der Waals surface area contributed by atoms with E-state index in [4.69, 9.17) is 4.74 Å². The maximum absolute atomic E-state index is 13.3. The smallest absolute Gasteiger partial charge is 0.323 e. The van der Waals surface area contributed by atoms with E-state index in [0.717, 1.165) is 39.1 Å². The van der Waals surface area contributed by atoms with Crippen molar-refractivity contribution in [2.45, 2.75) is 29.7 Å². The van der Waals surface area contributed by atoms with Crippen molar-refractivity contribution in [1.29, 1.82) is 0 Å². The summed E-state index contributed by atoms with van der Waals surface area (Å²) < 4.78 is 6.19. The summed E-state index contributed by atoms with van der Waals surface area (Å²) in [5.41, 5.74) is 2.78. The lowest BCUT2D eigenvalue weighted by atomic mass is 9.82. The van der Waals surface area contributed by atoms with Gasteiger partial charge in [-0.25, -0.2) is 0 Å². The van der Waals surface area contributed by atoms with Crippen molar-refractivity contribution < 1.29 is 24.2 Å². The summed E-state index contributed by atoms with van der Waals surface area (Å²) >= 11 is 2.12. The number of amides is 2. The molecule has 0 radical (unpaired) electrons. The number of imide groups is 1. The van der Waals surface area contributed by atoms with Gasteiger partial charge in [0.2, 0.25) is 11.8 Å². The number of likely N-dealkylation sites (tertiary alicyclic amines) is 1. The summed E-state index contributed by atoms with van der Waals surface area (Å²) in [6.45, 7) is 1.62. The van der Waals surface area contributed by atoms with E-state index in [2.05, 4.69) is 4.98 Å². The summed E-state index contributed by atoms with van der Waals surface area (Å²) in [6.07, 6.45) is 0. The minimum atomic E-state index is -1.26. The topological polar surface area (TPSA) is 117 Å². The van der Waals surface area contributed by atoms with Gasteiger partial charge in [0.15, 0.2) is 0 Å². The molecule has 3 heterocycles. The number of thiazole rings is 1. The summed E-state index contributed by atoms with van der Waals surface area (Å²) in [7, 11) is 0. The number of carboxylic acid groups (broad SMARTS) is 1. The van der Waals surface area contributed by atoms with E-state index >= 15 is 0 Å². The van der Waals surface area contributed by atoms with Crippen LogP contribution in [-0.2, 0) is 21.0 Å². The lowest BCUT2D eigenvalue weighted by molar-refractivity contribution is -0.149. The molecule has 0 saturated carbocycles. The number of rotatable bonds is 6. The van der Waals surface area contributed by atoms with Crippen LogP contribution in [0.1, 0.15) is 27.5 Å². The first-order valence-electron chi connectivity index (χ1n) is 10.6. The Morgan fingerprint density at radius 1 is 1.09 bits per heavy atom. The Kier molecular flexibility index (Phi) is 5.78. The minimum Gasteiger partial charge on any atom is -0.489 e. The minimum absolute atomic E-state index is 0.275. The van der Waals surface area contributed by atoms with Crippen LogP contribution in [0.15, 0.2) is 58.4 Å². The number of aryl methyl sites for hydroxylation is 1. The van der Waals surface area contributed by atoms with E-state index in [1.807, 2.05) is 49.4 Å². The first-order valence-corrected chi connectivity index (χ1v) is 12.3. The molecular formula is C24H20N2O6S2. The number of fused-ring (bicyclic) bond motifs is 2. The third-order valence-corrected chi connectivity index (χ3v) is 8.51. The molecule has 0 aliphatic carbocycles. The number of hydrogen-bond donors (Lipinski definition) is 2. The molecule has 174 valence electrons. The van der Waals surface area contributed by atoms with Gasteiger partial charge in [-0.2, -0.15) is 0 Å². The first-order chi connectivity index (χ1) is 16.3. The Bertz CT molecular complexity index is 1360. The Balaban J connectivity index is 1.57. The number of nitrogens with zero attached hydrogens (tertiary/aromatic N) is 1. The fraction of sp³-hybridized carbons (Fsp3) is 0.250. The van der Waals surface area contributed by atoms with Gasteiger partial charge in [-0.05, 0) is 24.1 Å². The number of H-pyrrole nitrogens is 1. The lowest BCUT2D eigenvalue weighted by Crippen LogP contribution is -2.36. The number of thioether (sulfide) groups is 1. The van der Waals surface area contributed by atoms with Gasteiger partial charge in [-0.1, -0.05) is 65.6 Å². The molecule has 1 saturated heterocycles. The lowest BCUT2D eigenvalue weighted by Gasteiger charge is -2.31. The maximum atomic E-state index is 13.3. The van der Waals surface area contributed by atoms with Crippen molar-refractivity contribution in [3.05, 3.63) is 79.8 Å². The molecule has 3 aromatic rings. The van der Waals surface area contributed by atoms with E-state index in [1.54, 1.807) is 6.07 Å². The number of hydrogen-bond acceptors (Lipinski definition) is 7. The highest BCUT2D eigenvalue weighted by Gasteiger charge is 2.56. The molecule has 1 aromatic heterocycles. The van der Waals surface area contributed by atoms with Crippen molar-refractivity contribution in [3.63, 3.8) is 0 Å². The van der Waals surface area contributed by atoms with Crippen molar-refractivity contribution >= 4 is 40.9 Å². The van der Waals surface area contributed by atoms with E-state index in [9.17, 15) is 24.3 Å². The second-order valence-electron chi connectivity index (χ2n) is 8.16. The van der Waals surface area contributed by atoms with Crippen LogP contribution < -0.4 is 9.61 Å². The summed E-state index contributed by atoms with van der Waals surface area (Å²) in [5.74, 6) is -3.26. The summed E-state index contributed by atoms with van der Waals surface area (Å²) in [6, 6.07) is 15.1. The number of carbonyl (C=O) groups excluding carboxylic acids is 2. The molecule has 34 heavy (non-hydrogen) atoms. The first kappa shape index (κ1) is 22.4. The number of carbonyl (C=O) groups is 3. The molecule has 2 amide bonds. The SMILES string of the molecule is Cc1ccccc1COc1ccccc1[C@@H]1c2sc(=O)[nH]c2SC2C(=O)N(CC(=O)O)C(=O)C21. The fourth-order valence-electron chi connectivity index (χ4n) is 4.50. The number of aromatic nitrogens is 1. The molecule has 2 N–H and O–H groups in total. The van der Waals surface area contributed by atoms with Gasteiger partial charge >= 0.3 is 10.8 Å². The van der Waals surface area contributed by atoms with Crippen LogP contribution in [-0.4, -0.2) is 44.6 Å². The van der Waals surface area contributed by atoms with Gasteiger partial charge in [0.25, 0.3) is 0 Å². The molecule has 3 atom stereocenters. The number of para-hydroxylation sites is 1. The average Bonchev–Trinajstić information content (AvgIpc) is 3.29. The van der Waals surface area contributed by atoms with Crippen LogP contribution in [0.4, 0.5) is 0 Å². The molecule has 2 unspecified atom stereocenters. The highest BCUT2D eigenvalue weighted by Crippen LogP contribution is 2.53. The van der Waals surface area contributed by atoms with Crippen molar-refractivity contribution in [1.82, 2.24) is 9.88 Å². The van der Waals surface area contributed by atoms with Crippen molar-refractivity contribution in [3.8, 4) is 5.75 Å². The molecular weight excluding hydrogens is 476 g/mol. The molecule has 0 spiro atoms. The Labute approximate surface area is 202 Å². The fourth-order valence-corrected chi connectivity index (χ4v) is 7.02. The Morgan fingerprint density at radius 3 is 2.59 bits per heavy atom. The Hall–Kier alpha value is -3.37. The standard InChI is InChI=1S/C24H20N2O6S2/c1-12-6-2-3-7-13(12)11-32-15-9-5-4-8-14(15)17-18-20(33-21-19(17)34-24(31)25-21)23(30)26(22(18)29)10-16(27)28/h2-9,17-18,20H,10-11H2,1H3,(H,25,31)(H,27,28)/t17-,18?,20?/m0/s1. The number of nitrogens with one attached hydrogen (secondary N) is 1. The summed E-state index contributed by atoms with van der Waals surface area (Å²) in [4.78, 5) is 53.8. The predicted molar refractivity (Wildman–Crippen MR) is 126 cm³/mol. The second-order valence-corrected chi connectivity index (χ2v) is 10.3. The van der Waals surface area contributed by atoms with Gasteiger partial charge in [0.1, 0.15) is 24.2 Å². The zero-order chi connectivity index (χ0) is 24.0. The second kappa shape index (κ2) is 8.77. The zero-order valence-corrected chi connectivity index (χ0v) is 19.7. The van der Waals surface area contributed by atoms with Crippen LogP contribution in [0.2, 0.25) is 0 Å². The van der Waals surface area contributed by atoms with E-state index in [-0.39, 0.29) is 4.87 Å². The summed E-state index contributed by atoms with van der Waals surface area (Å²) in [5, 5.41) is 8.94. The third-order valence-electron chi connectivity index (χ3n) is 6.11. The molecule has 2 aromatic carbocycles. The molecule has 8 nitrogen and oxygen atoms in total. The number of carboxylic acids is 1. The van der Waals surface area contributed by atoms with Crippen molar-refractivity contribution in [2.75, 3.05) is 6.54 Å². The van der Waals surface area contributed by atoms with Crippen LogP contribution in [0, 0.1) is 12.8 Å². The molecule has 5 rings (SSSR count). The predicted octanol–water partition coefficient (Wildman–Crippen LogP) is 3.00. The van der Waals surface area contributed by atoms with Crippen LogP contribution in [0.5, 0.6) is 5.75 Å². The molecule has 2 aliphatic rings. The van der Waals surface area contributed by atoms with E-state index in [0.29, 0.717) is 27.8 Å². The van der Waals surface area contributed by atoms with Crippen LogP contribution in [0.25, 0.3) is 0 Å². The molecule has 10 heteroatoms. The number of aromatic amines is 1. The van der Waals surface area contributed by atoms with Gasteiger partial charge in [-0.3, -0.25) is 24.1 Å². The monoisotopic (exact) mass is 496 g/mol. The molecule has 1 fully saturated rings. The van der Waals surface area contributed by atoms with Gasteiger partial charge in [-0.15, -0.1) is 0 Å². The maximum Gasteiger partial charge on any atom is 0.323 e. The number of benzene rings is 2. The number of aliphatic carboxylic acids is 1. The van der Waals surface area contributed by atoms with Gasteiger partial charge < -0.3 is 14.8 Å². The molecule has 2 aliphatic heterocycles. The highest BCUT2D eigenvalue weighted by atomic mass is 32.2. The van der Waals surface area contributed by atoms with Gasteiger partial charge in [0.05, 0.1) is 10.9 Å². The largest absolute Gasteiger partial charge is 0.489 e. The molecule has 0 bridgehead atoms. The van der Waals surface area contributed by atoms with E-state index < -0.39 is 41.4 Å². The third kappa shape index (κ3) is 3.82. The van der Waals surface area contributed by atoms with Gasteiger partial charge in [0, 0.05) is 16.4 Å².